The Balaban J connectivity index is 2.17. The number of carbonyl (C=O) groups excluding carboxylic acids is 1. The first kappa shape index (κ1) is 17.4. The van der Waals surface area contributed by atoms with Gasteiger partial charge in [0.15, 0.2) is 0 Å². The van der Waals surface area contributed by atoms with Crippen LogP contribution in [0.2, 0.25) is 0 Å². The number of hydrogen-bond donors (Lipinski definition) is 2. The van der Waals surface area contributed by atoms with E-state index in [4.69, 9.17) is 10.8 Å². The Morgan fingerprint density at radius 3 is 2.50 bits per heavy atom. The molecule has 0 aliphatic carbocycles. The highest BCUT2D eigenvalue weighted by Crippen LogP contribution is 2.30. The van der Waals surface area contributed by atoms with Crippen molar-refractivity contribution in [1.82, 2.24) is 4.90 Å². The average molecular weight is 334 g/mol. The Morgan fingerprint density at radius 2 is 1.96 bits per heavy atom. The van der Waals surface area contributed by atoms with Crippen molar-refractivity contribution in [2.75, 3.05) is 37.6 Å². The van der Waals surface area contributed by atoms with Crippen LogP contribution >= 0.6 is 0 Å². The zero-order valence-electron chi connectivity index (χ0n) is 12.9. The van der Waals surface area contributed by atoms with Crippen LogP contribution in [0.15, 0.2) is 24.3 Å². The molecule has 9 heteroatoms. The minimum Gasteiger partial charge on any atom is -0.478 e. The summed E-state index contributed by atoms with van der Waals surface area (Å²) in [7, 11) is 0. The van der Waals surface area contributed by atoms with Gasteiger partial charge in [-0.15, -0.1) is 0 Å². The number of amides is 1. The van der Waals surface area contributed by atoms with Crippen molar-refractivity contribution in [1.29, 1.82) is 0 Å². The number of nitro groups is 1. The van der Waals surface area contributed by atoms with Gasteiger partial charge in [-0.05, 0) is 17.7 Å². The van der Waals surface area contributed by atoms with Gasteiger partial charge in [0.1, 0.15) is 5.69 Å². The third-order valence-electron chi connectivity index (χ3n) is 3.71. The monoisotopic (exact) mass is 334 g/mol. The maximum atomic E-state index is 11.3. The van der Waals surface area contributed by atoms with Crippen LogP contribution in [0.5, 0.6) is 0 Å². The average Bonchev–Trinajstić information content (AvgIpc) is 2.53. The fraction of sp³-hybridized carbons (Fsp3) is 0.333. The standard InChI is InChI=1S/C15H18N4O5/c16-14(20)10-17-5-7-18(8-6-17)12-3-1-11(2-4-15(21)22)9-13(12)19(23)24/h1-4,9H,5-8,10H2,(H2,16,20)(H,21,22)/b4-2+. The molecule has 1 saturated heterocycles. The number of aliphatic carboxylic acids is 1. The van der Waals surface area contributed by atoms with Crippen molar-refractivity contribution in [3.05, 3.63) is 40.0 Å². The van der Waals surface area contributed by atoms with E-state index in [1.54, 1.807) is 12.1 Å². The van der Waals surface area contributed by atoms with Gasteiger partial charge in [0, 0.05) is 38.3 Å². The molecule has 1 aromatic carbocycles. The summed E-state index contributed by atoms with van der Waals surface area (Å²) >= 11 is 0. The molecule has 2 rings (SSSR count). The molecule has 0 radical (unpaired) electrons. The van der Waals surface area contributed by atoms with Gasteiger partial charge < -0.3 is 15.7 Å². The van der Waals surface area contributed by atoms with E-state index in [9.17, 15) is 19.7 Å². The SMILES string of the molecule is NC(=O)CN1CCN(c2ccc(/C=C/C(=O)O)cc2[N+](=O)[O-])CC1. The fourth-order valence-corrected chi connectivity index (χ4v) is 2.59. The number of primary amides is 1. The molecule has 0 saturated carbocycles. The van der Waals surface area contributed by atoms with Gasteiger partial charge in [0.05, 0.1) is 11.5 Å². The molecular formula is C15H18N4O5. The maximum Gasteiger partial charge on any atom is 0.328 e. The van der Waals surface area contributed by atoms with Gasteiger partial charge in [-0.2, -0.15) is 0 Å². The molecule has 1 amide bonds. The van der Waals surface area contributed by atoms with E-state index in [-0.39, 0.29) is 12.2 Å². The number of nitrogens with two attached hydrogens (primary N) is 1. The predicted octanol–water partition coefficient (Wildman–Crippen LogP) is 0.300. The number of piperazine rings is 1. The lowest BCUT2D eigenvalue weighted by Crippen LogP contribution is -2.49. The molecule has 24 heavy (non-hydrogen) atoms. The molecule has 0 atom stereocenters. The first-order valence-electron chi connectivity index (χ1n) is 7.32. The summed E-state index contributed by atoms with van der Waals surface area (Å²) in [5, 5.41) is 20.0. The minimum absolute atomic E-state index is 0.0779. The van der Waals surface area contributed by atoms with E-state index in [2.05, 4.69) is 0 Å². The van der Waals surface area contributed by atoms with E-state index >= 15 is 0 Å². The van der Waals surface area contributed by atoms with E-state index < -0.39 is 16.8 Å². The van der Waals surface area contributed by atoms with Crippen molar-refractivity contribution < 1.29 is 19.6 Å². The lowest BCUT2D eigenvalue weighted by molar-refractivity contribution is -0.384. The Bertz CT molecular complexity index is 680. The van der Waals surface area contributed by atoms with Gasteiger partial charge in [-0.1, -0.05) is 6.07 Å². The molecule has 0 unspecified atom stereocenters. The second-order valence-corrected chi connectivity index (χ2v) is 5.41. The number of carboxylic acid groups (broad SMARTS) is 1. The fourth-order valence-electron chi connectivity index (χ4n) is 2.59. The highest BCUT2D eigenvalue weighted by atomic mass is 16.6. The summed E-state index contributed by atoms with van der Waals surface area (Å²) in [5.41, 5.74) is 6.01. The smallest absolute Gasteiger partial charge is 0.328 e. The van der Waals surface area contributed by atoms with Gasteiger partial charge in [-0.25, -0.2) is 4.79 Å². The molecule has 0 bridgehead atoms. The second kappa shape index (κ2) is 7.55. The molecule has 0 aromatic heterocycles. The molecule has 0 spiro atoms. The quantitative estimate of drug-likeness (QED) is 0.434. The third kappa shape index (κ3) is 4.53. The molecule has 1 aromatic rings. The van der Waals surface area contributed by atoms with E-state index in [0.29, 0.717) is 37.4 Å². The van der Waals surface area contributed by atoms with Crippen LogP contribution in [-0.4, -0.2) is 59.5 Å². The lowest BCUT2D eigenvalue weighted by Gasteiger charge is -2.35. The molecule has 3 N–H and O–H groups in total. The summed E-state index contributed by atoms with van der Waals surface area (Å²) in [5.74, 6) is -1.52. The number of carboxylic acids is 1. The predicted molar refractivity (Wildman–Crippen MR) is 87.6 cm³/mol. The van der Waals surface area contributed by atoms with Crippen molar-refractivity contribution in [2.45, 2.75) is 0 Å². The largest absolute Gasteiger partial charge is 0.478 e. The first-order chi connectivity index (χ1) is 11.4. The molecule has 1 heterocycles. The van der Waals surface area contributed by atoms with Gasteiger partial charge in [0.2, 0.25) is 5.91 Å². The number of carbonyl (C=O) groups is 2. The number of anilines is 1. The summed E-state index contributed by atoms with van der Waals surface area (Å²) < 4.78 is 0. The van der Waals surface area contributed by atoms with E-state index in [1.807, 2.05) is 9.80 Å². The highest BCUT2D eigenvalue weighted by Gasteiger charge is 2.24. The van der Waals surface area contributed by atoms with Crippen LogP contribution in [-0.2, 0) is 9.59 Å². The topological polar surface area (TPSA) is 130 Å². The van der Waals surface area contributed by atoms with Crippen LogP contribution in [0.25, 0.3) is 6.08 Å². The van der Waals surface area contributed by atoms with Gasteiger partial charge in [0.25, 0.3) is 5.69 Å². The summed E-state index contributed by atoms with van der Waals surface area (Å²) in [6.45, 7) is 2.42. The third-order valence-corrected chi connectivity index (χ3v) is 3.71. The number of rotatable bonds is 6. The van der Waals surface area contributed by atoms with Crippen LogP contribution in [0.1, 0.15) is 5.56 Å². The zero-order valence-corrected chi connectivity index (χ0v) is 12.9. The molecular weight excluding hydrogens is 316 g/mol. The Kier molecular flexibility index (Phi) is 5.48. The normalized spacial score (nSPS) is 15.6. The van der Waals surface area contributed by atoms with Crippen molar-refractivity contribution >= 4 is 29.3 Å². The van der Waals surface area contributed by atoms with Crippen molar-refractivity contribution in [3.63, 3.8) is 0 Å². The van der Waals surface area contributed by atoms with Gasteiger partial charge >= 0.3 is 5.97 Å². The summed E-state index contributed by atoms with van der Waals surface area (Å²) in [6, 6.07) is 4.60. The van der Waals surface area contributed by atoms with Crippen LogP contribution in [0.3, 0.4) is 0 Å². The van der Waals surface area contributed by atoms with Gasteiger partial charge in [-0.3, -0.25) is 19.8 Å². The Morgan fingerprint density at radius 1 is 1.29 bits per heavy atom. The maximum absolute atomic E-state index is 11.3. The first-order valence-corrected chi connectivity index (χ1v) is 7.32. The van der Waals surface area contributed by atoms with Crippen LogP contribution in [0, 0.1) is 10.1 Å². The highest BCUT2D eigenvalue weighted by molar-refractivity contribution is 5.85. The Hall–Kier alpha value is -2.94. The van der Waals surface area contributed by atoms with Crippen LogP contribution in [0.4, 0.5) is 11.4 Å². The Labute approximate surface area is 138 Å². The molecule has 1 aliphatic heterocycles. The van der Waals surface area contributed by atoms with E-state index in [0.717, 1.165) is 6.08 Å². The lowest BCUT2D eigenvalue weighted by atomic mass is 10.1. The number of nitro benzene ring substituents is 1. The molecule has 1 aliphatic rings. The van der Waals surface area contributed by atoms with Crippen molar-refractivity contribution in [3.8, 4) is 0 Å². The number of nitrogens with zero attached hydrogens (tertiary/aromatic N) is 3. The number of hydrogen-bond acceptors (Lipinski definition) is 6. The molecule has 1 fully saturated rings. The van der Waals surface area contributed by atoms with Crippen LogP contribution < -0.4 is 10.6 Å². The zero-order chi connectivity index (χ0) is 17.7. The second-order valence-electron chi connectivity index (χ2n) is 5.41. The van der Waals surface area contributed by atoms with Crippen molar-refractivity contribution in [2.24, 2.45) is 5.73 Å². The summed E-state index contributed by atoms with van der Waals surface area (Å²) in [6.07, 6.45) is 2.24. The molecule has 128 valence electrons. The molecule has 9 nitrogen and oxygen atoms in total. The number of benzene rings is 1. The van der Waals surface area contributed by atoms with E-state index in [1.165, 1.54) is 12.1 Å². The minimum atomic E-state index is -1.12. The summed E-state index contributed by atoms with van der Waals surface area (Å²) in [4.78, 5) is 36.1.